The number of fused-ring (bicyclic) bond motifs is 1. The number of hydrogen-bond acceptors (Lipinski definition) is 2. The van der Waals surface area contributed by atoms with E-state index in [4.69, 9.17) is 4.74 Å². The zero-order valence-electron chi connectivity index (χ0n) is 15.6. The van der Waals surface area contributed by atoms with Crippen molar-refractivity contribution in [2.24, 2.45) is 17.3 Å². The molecule has 0 spiro atoms. The monoisotopic (exact) mass is 338 g/mol. The molecule has 25 heavy (non-hydrogen) atoms. The largest absolute Gasteiger partial charge is 0.396 e. The highest BCUT2D eigenvalue weighted by Gasteiger charge is 2.43. The van der Waals surface area contributed by atoms with E-state index >= 15 is 0 Å². The minimum absolute atomic E-state index is 0.113. The second-order valence-electron chi connectivity index (χ2n) is 7.88. The van der Waals surface area contributed by atoms with Gasteiger partial charge in [-0.25, -0.2) is 0 Å². The van der Waals surface area contributed by atoms with E-state index in [1.54, 1.807) is 0 Å². The second-order valence-corrected chi connectivity index (χ2v) is 7.88. The first kappa shape index (κ1) is 18.2. The highest BCUT2D eigenvalue weighted by Crippen LogP contribution is 2.44. The summed E-state index contributed by atoms with van der Waals surface area (Å²) in [6, 6.07) is 15.0. The Bertz CT molecular complexity index is 732. The van der Waals surface area contributed by atoms with E-state index < -0.39 is 0 Å². The van der Waals surface area contributed by atoms with Crippen LogP contribution in [0.4, 0.5) is 0 Å². The summed E-state index contributed by atoms with van der Waals surface area (Å²) < 4.78 is 6.05. The molecule has 1 aliphatic carbocycles. The van der Waals surface area contributed by atoms with Crippen LogP contribution >= 0.6 is 0 Å². The predicted molar refractivity (Wildman–Crippen MR) is 105 cm³/mol. The van der Waals surface area contributed by atoms with Gasteiger partial charge in [0.1, 0.15) is 0 Å². The van der Waals surface area contributed by atoms with Crippen molar-refractivity contribution in [2.45, 2.75) is 39.7 Å². The first-order valence-electron chi connectivity index (χ1n) is 9.44. The maximum atomic E-state index is 10.0. The lowest BCUT2D eigenvalue weighted by Crippen LogP contribution is -2.47. The molecule has 0 amide bonds. The number of benzene rings is 2. The molecule has 0 unspecified atom stereocenters. The van der Waals surface area contributed by atoms with E-state index in [1.165, 1.54) is 16.3 Å². The van der Waals surface area contributed by atoms with Gasteiger partial charge in [0.25, 0.3) is 0 Å². The van der Waals surface area contributed by atoms with Gasteiger partial charge in [-0.05, 0) is 53.5 Å². The molecule has 0 saturated heterocycles. The van der Waals surface area contributed by atoms with Gasteiger partial charge in [0.2, 0.25) is 0 Å². The summed E-state index contributed by atoms with van der Waals surface area (Å²) in [4.78, 5) is 0. The predicted octanol–water partition coefficient (Wildman–Crippen LogP) is 5.30. The van der Waals surface area contributed by atoms with Crippen molar-refractivity contribution in [3.63, 3.8) is 0 Å². The number of allylic oxidation sites excluding steroid dienone is 1. The SMILES string of the molecule is CCO[C@@H]1[C@@H](CO)[C@H](/C=C/c2ccc3ccccc3c2)CCC1(C)C. The van der Waals surface area contributed by atoms with Crippen LogP contribution in [-0.4, -0.2) is 24.4 Å². The van der Waals surface area contributed by atoms with Crippen molar-refractivity contribution in [1.82, 2.24) is 0 Å². The Morgan fingerprint density at radius 2 is 1.92 bits per heavy atom. The van der Waals surface area contributed by atoms with Crippen molar-refractivity contribution in [1.29, 1.82) is 0 Å². The smallest absolute Gasteiger partial charge is 0.0681 e. The fourth-order valence-electron chi connectivity index (χ4n) is 4.24. The summed E-state index contributed by atoms with van der Waals surface area (Å²) in [6.45, 7) is 7.45. The zero-order chi connectivity index (χ0) is 17.9. The van der Waals surface area contributed by atoms with Crippen LogP contribution in [0, 0.1) is 17.3 Å². The topological polar surface area (TPSA) is 29.5 Å². The molecule has 3 atom stereocenters. The number of rotatable bonds is 5. The lowest BCUT2D eigenvalue weighted by atomic mass is 9.65. The molecule has 0 aromatic heterocycles. The highest BCUT2D eigenvalue weighted by molar-refractivity contribution is 5.84. The molecule has 1 fully saturated rings. The normalized spacial score (nSPS) is 26.3. The molecule has 0 bridgehead atoms. The lowest BCUT2D eigenvalue weighted by molar-refractivity contribution is -0.107. The van der Waals surface area contributed by atoms with Gasteiger partial charge in [-0.2, -0.15) is 0 Å². The van der Waals surface area contributed by atoms with Crippen molar-refractivity contribution in [3.8, 4) is 0 Å². The van der Waals surface area contributed by atoms with E-state index in [9.17, 15) is 5.11 Å². The minimum atomic E-state index is 0.113. The van der Waals surface area contributed by atoms with Crippen molar-refractivity contribution < 1.29 is 9.84 Å². The second kappa shape index (κ2) is 7.72. The van der Waals surface area contributed by atoms with E-state index in [-0.39, 0.29) is 24.0 Å². The quantitative estimate of drug-likeness (QED) is 0.801. The van der Waals surface area contributed by atoms with Crippen molar-refractivity contribution in [2.75, 3.05) is 13.2 Å². The summed E-state index contributed by atoms with van der Waals surface area (Å²) >= 11 is 0. The molecule has 2 aromatic rings. The van der Waals surface area contributed by atoms with Gasteiger partial charge in [0, 0.05) is 19.1 Å². The maximum Gasteiger partial charge on any atom is 0.0681 e. The zero-order valence-corrected chi connectivity index (χ0v) is 15.6. The Kier molecular flexibility index (Phi) is 5.61. The average Bonchev–Trinajstić information content (AvgIpc) is 2.62. The third kappa shape index (κ3) is 3.96. The molecule has 0 aliphatic heterocycles. The first-order chi connectivity index (χ1) is 12.0. The summed E-state index contributed by atoms with van der Waals surface area (Å²) in [7, 11) is 0. The fourth-order valence-corrected chi connectivity index (χ4v) is 4.24. The van der Waals surface area contributed by atoms with Gasteiger partial charge in [0.15, 0.2) is 0 Å². The molecular formula is C23H30O2. The maximum absolute atomic E-state index is 10.0. The van der Waals surface area contributed by atoms with Gasteiger partial charge in [-0.15, -0.1) is 0 Å². The summed E-state index contributed by atoms with van der Waals surface area (Å²) in [5, 5.41) is 12.5. The van der Waals surface area contributed by atoms with Gasteiger partial charge in [0.05, 0.1) is 6.10 Å². The third-order valence-electron chi connectivity index (χ3n) is 5.70. The van der Waals surface area contributed by atoms with Gasteiger partial charge in [-0.1, -0.05) is 62.4 Å². The standard InChI is InChI=1S/C23H30O2/c1-4-25-22-21(16-24)19(13-14-23(22,2)3)12-10-17-9-11-18-7-5-6-8-20(18)15-17/h5-12,15,19,21-22,24H,4,13-14,16H2,1-3H3/b12-10+/t19-,21+,22-/m1/s1. The number of aliphatic hydroxyl groups is 1. The van der Waals surface area contributed by atoms with E-state index in [0.29, 0.717) is 12.5 Å². The summed E-state index contributed by atoms with van der Waals surface area (Å²) in [5.74, 6) is 0.529. The van der Waals surface area contributed by atoms with Gasteiger partial charge < -0.3 is 9.84 Å². The third-order valence-corrected chi connectivity index (χ3v) is 5.70. The van der Waals surface area contributed by atoms with Gasteiger partial charge in [-0.3, -0.25) is 0 Å². The van der Waals surface area contributed by atoms with Crippen LogP contribution in [0.3, 0.4) is 0 Å². The molecule has 0 radical (unpaired) electrons. The number of hydrogen-bond donors (Lipinski definition) is 1. The highest BCUT2D eigenvalue weighted by atomic mass is 16.5. The van der Waals surface area contributed by atoms with Crippen LogP contribution in [0.1, 0.15) is 39.2 Å². The van der Waals surface area contributed by atoms with E-state index in [2.05, 4.69) is 68.5 Å². The molecule has 1 saturated carbocycles. The minimum Gasteiger partial charge on any atom is -0.396 e. The molecular weight excluding hydrogens is 308 g/mol. The molecule has 3 rings (SSSR count). The van der Waals surface area contributed by atoms with Crippen molar-refractivity contribution in [3.05, 3.63) is 54.1 Å². The van der Waals surface area contributed by atoms with Crippen LogP contribution in [-0.2, 0) is 4.74 Å². The van der Waals surface area contributed by atoms with Crippen LogP contribution in [0.15, 0.2) is 48.5 Å². The molecule has 1 aliphatic rings. The average molecular weight is 338 g/mol. The number of ether oxygens (including phenoxy) is 1. The Hall–Kier alpha value is -1.64. The first-order valence-corrected chi connectivity index (χ1v) is 9.44. The Labute approximate surface area is 151 Å². The molecule has 2 nitrogen and oxygen atoms in total. The number of aliphatic hydroxyl groups excluding tert-OH is 1. The fraction of sp³-hybridized carbons (Fsp3) is 0.478. The Morgan fingerprint density at radius 3 is 2.64 bits per heavy atom. The van der Waals surface area contributed by atoms with E-state index in [0.717, 1.165) is 12.8 Å². The Balaban J connectivity index is 1.81. The summed E-state index contributed by atoms with van der Waals surface area (Å²) in [5.41, 5.74) is 1.34. The lowest BCUT2D eigenvalue weighted by Gasteiger charge is -2.46. The van der Waals surface area contributed by atoms with Crippen LogP contribution in [0.2, 0.25) is 0 Å². The van der Waals surface area contributed by atoms with Crippen LogP contribution in [0.25, 0.3) is 16.8 Å². The van der Waals surface area contributed by atoms with Crippen LogP contribution in [0.5, 0.6) is 0 Å². The molecule has 134 valence electrons. The molecule has 0 heterocycles. The van der Waals surface area contributed by atoms with Crippen LogP contribution < -0.4 is 0 Å². The molecule has 2 aromatic carbocycles. The van der Waals surface area contributed by atoms with E-state index in [1.807, 2.05) is 6.92 Å². The Morgan fingerprint density at radius 1 is 1.16 bits per heavy atom. The molecule has 1 N–H and O–H groups in total. The van der Waals surface area contributed by atoms with Crippen molar-refractivity contribution >= 4 is 16.8 Å². The summed E-state index contributed by atoms with van der Waals surface area (Å²) in [6.07, 6.45) is 6.84. The molecule has 2 heteroatoms. The van der Waals surface area contributed by atoms with Gasteiger partial charge >= 0.3 is 0 Å².